The SMILES string of the molecule is CCCc1nc(Cl)c(C=C(Cc2cccs2)C(=O)O)n1Cc1ccc2oc(-c3ccccc3NS(=O)(=O)C(F)(F)F)c(Br)c2c1. The van der Waals surface area contributed by atoms with Crippen molar-refractivity contribution in [3.05, 3.63) is 97.1 Å². The van der Waals surface area contributed by atoms with Crippen LogP contribution in [0.4, 0.5) is 18.9 Å². The molecule has 0 aliphatic carbocycles. The topological polar surface area (TPSA) is 114 Å². The van der Waals surface area contributed by atoms with Gasteiger partial charge in [0, 0.05) is 40.8 Å². The number of aryl methyl sites for hydroxylation is 1. The van der Waals surface area contributed by atoms with Crippen molar-refractivity contribution in [3.63, 3.8) is 0 Å². The van der Waals surface area contributed by atoms with Crippen LogP contribution in [0.2, 0.25) is 5.15 Å². The molecule has 5 rings (SSSR count). The molecule has 0 atom stereocenters. The van der Waals surface area contributed by atoms with Gasteiger partial charge >= 0.3 is 21.5 Å². The highest BCUT2D eigenvalue weighted by molar-refractivity contribution is 9.10. The van der Waals surface area contributed by atoms with Gasteiger partial charge < -0.3 is 14.1 Å². The molecule has 5 aromatic rings. The maximum Gasteiger partial charge on any atom is 0.516 e. The van der Waals surface area contributed by atoms with E-state index in [-0.39, 0.29) is 40.7 Å². The number of carboxylic acid groups (broad SMARTS) is 1. The summed E-state index contributed by atoms with van der Waals surface area (Å²) in [5.74, 6) is -0.269. The van der Waals surface area contributed by atoms with Gasteiger partial charge in [-0.05, 0) is 69.7 Å². The second-order valence-electron chi connectivity index (χ2n) is 9.94. The number of alkyl halides is 3. The number of halogens is 5. The second-order valence-corrected chi connectivity index (χ2v) is 13.8. The Morgan fingerprint density at radius 2 is 1.96 bits per heavy atom. The number of thiophene rings is 1. The zero-order valence-electron chi connectivity index (χ0n) is 23.4. The van der Waals surface area contributed by atoms with Crippen molar-refractivity contribution in [1.82, 2.24) is 9.55 Å². The van der Waals surface area contributed by atoms with E-state index in [4.69, 9.17) is 16.0 Å². The first-order chi connectivity index (χ1) is 21.3. The largest absolute Gasteiger partial charge is 0.516 e. The standard InChI is InChI=1S/C30H24BrClF3N3O5S2/c1-2-6-25-36-28(32)23(15-18(29(39)40)14-19-7-5-12-44-19)38(25)16-17-10-11-24-21(13-17)26(31)27(43-24)20-8-3-4-9-22(20)37-45(41,42)30(33,34)35/h3-5,7-13,15,37H,2,6,14,16H2,1H3,(H,39,40). The van der Waals surface area contributed by atoms with E-state index in [0.717, 1.165) is 16.9 Å². The minimum atomic E-state index is -5.67. The number of anilines is 1. The summed E-state index contributed by atoms with van der Waals surface area (Å²) in [6, 6.07) is 14.6. The normalized spacial score (nSPS) is 12.6. The number of nitrogens with one attached hydrogen (secondary N) is 1. The monoisotopic (exact) mass is 741 g/mol. The van der Waals surface area contributed by atoms with Crippen LogP contribution in [0.1, 0.15) is 35.3 Å². The van der Waals surface area contributed by atoms with E-state index in [1.165, 1.54) is 29.5 Å². The number of aromatic nitrogens is 2. The molecule has 0 aliphatic heterocycles. The Balaban J connectivity index is 1.54. The summed E-state index contributed by atoms with van der Waals surface area (Å²) in [6.45, 7) is 2.27. The molecule has 0 radical (unpaired) electrons. The van der Waals surface area contributed by atoms with Crippen molar-refractivity contribution in [2.45, 2.75) is 38.2 Å². The predicted molar refractivity (Wildman–Crippen MR) is 172 cm³/mol. The number of carbonyl (C=O) groups is 1. The summed E-state index contributed by atoms with van der Waals surface area (Å²) in [5.41, 5.74) is -3.93. The van der Waals surface area contributed by atoms with Crippen LogP contribution in [0.3, 0.4) is 0 Å². The highest BCUT2D eigenvalue weighted by atomic mass is 79.9. The Kier molecular flexibility index (Phi) is 9.49. The van der Waals surface area contributed by atoms with Crippen LogP contribution in [-0.2, 0) is 34.2 Å². The van der Waals surface area contributed by atoms with Crippen molar-refractivity contribution >= 4 is 77.6 Å². The van der Waals surface area contributed by atoms with Crippen molar-refractivity contribution in [2.75, 3.05) is 4.72 Å². The molecule has 3 aromatic heterocycles. The van der Waals surface area contributed by atoms with Crippen molar-refractivity contribution in [1.29, 1.82) is 0 Å². The molecule has 0 saturated carbocycles. The maximum absolute atomic E-state index is 13.1. The number of benzene rings is 2. The van der Waals surface area contributed by atoms with Gasteiger partial charge in [0.2, 0.25) is 0 Å². The lowest BCUT2D eigenvalue weighted by atomic mass is 10.1. The van der Waals surface area contributed by atoms with Gasteiger partial charge in [0.05, 0.1) is 15.9 Å². The Bertz CT molecular complexity index is 2020. The highest BCUT2D eigenvalue weighted by Crippen LogP contribution is 2.42. The van der Waals surface area contributed by atoms with Crippen molar-refractivity contribution in [2.24, 2.45) is 0 Å². The van der Waals surface area contributed by atoms with Crippen molar-refractivity contribution in [3.8, 4) is 11.3 Å². The molecule has 0 aliphatic rings. The van der Waals surface area contributed by atoms with E-state index >= 15 is 0 Å². The fraction of sp³-hybridized carbons (Fsp3) is 0.200. The van der Waals surface area contributed by atoms with E-state index in [0.29, 0.717) is 33.4 Å². The van der Waals surface area contributed by atoms with Crippen LogP contribution in [-0.4, -0.2) is 34.6 Å². The van der Waals surface area contributed by atoms with Gasteiger partial charge in [-0.2, -0.15) is 21.6 Å². The third kappa shape index (κ3) is 6.98. The van der Waals surface area contributed by atoms with Gasteiger partial charge in [-0.15, -0.1) is 11.3 Å². The van der Waals surface area contributed by atoms with Crippen LogP contribution in [0.25, 0.3) is 28.4 Å². The molecule has 45 heavy (non-hydrogen) atoms. The lowest BCUT2D eigenvalue weighted by Crippen LogP contribution is -2.30. The third-order valence-corrected chi connectivity index (χ3v) is 9.84. The number of imidazole rings is 1. The number of aliphatic carboxylic acids is 1. The summed E-state index contributed by atoms with van der Waals surface area (Å²) in [6.07, 6.45) is 3.12. The van der Waals surface area contributed by atoms with Crippen molar-refractivity contribution < 1.29 is 35.9 Å². The molecule has 2 aromatic carbocycles. The zero-order valence-corrected chi connectivity index (χ0v) is 27.3. The number of nitrogens with zero attached hydrogens (tertiary/aromatic N) is 2. The molecular formula is C30H24BrClF3N3O5S2. The Labute approximate surface area is 273 Å². The predicted octanol–water partition coefficient (Wildman–Crippen LogP) is 8.75. The first-order valence-corrected chi connectivity index (χ1v) is 16.9. The highest BCUT2D eigenvalue weighted by Gasteiger charge is 2.46. The smallest absolute Gasteiger partial charge is 0.478 e. The molecule has 2 N–H and O–H groups in total. The third-order valence-electron chi connectivity index (χ3n) is 6.80. The molecule has 0 amide bonds. The number of hydrogen-bond acceptors (Lipinski definition) is 6. The summed E-state index contributed by atoms with van der Waals surface area (Å²) in [5, 5.41) is 12.6. The van der Waals surface area contributed by atoms with Gasteiger partial charge in [-0.25, -0.2) is 9.78 Å². The number of carboxylic acids is 1. The quantitative estimate of drug-likeness (QED) is 0.131. The minimum Gasteiger partial charge on any atom is -0.478 e. The molecule has 8 nitrogen and oxygen atoms in total. The maximum atomic E-state index is 13.1. The van der Waals surface area contributed by atoms with Gasteiger partial charge in [0.25, 0.3) is 0 Å². The first kappa shape index (κ1) is 32.8. The lowest BCUT2D eigenvalue weighted by Gasteiger charge is -2.13. The lowest BCUT2D eigenvalue weighted by molar-refractivity contribution is -0.132. The minimum absolute atomic E-state index is 0.0981. The van der Waals surface area contributed by atoms with Gasteiger partial charge in [0.1, 0.15) is 11.4 Å². The van der Waals surface area contributed by atoms with Crippen LogP contribution in [0, 0.1) is 0 Å². The summed E-state index contributed by atoms with van der Waals surface area (Å²) >= 11 is 11.5. The molecule has 236 valence electrons. The number of rotatable bonds is 11. The molecule has 15 heteroatoms. The number of furan rings is 1. The summed E-state index contributed by atoms with van der Waals surface area (Å²) < 4.78 is 72.8. The molecule has 0 bridgehead atoms. The van der Waals surface area contributed by atoms with E-state index in [2.05, 4.69) is 20.9 Å². The first-order valence-electron chi connectivity index (χ1n) is 13.4. The Hall–Kier alpha value is -3.59. The number of fused-ring (bicyclic) bond motifs is 1. The van der Waals surface area contributed by atoms with E-state index in [9.17, 15) is 31.5 Å². The van der Waals surface area contributed by atoms with Gasteiger partial charge in [-0.1, -0.05) is 42.8 Å². The van der Waals surface area contributed by atoms with Crippen LogP contribution >= 0.6 is 38.9 Å². The van der Waals surface area contributed by atoms with E-state index in [1.54, 1.807) is 29.0 Å². The molecular weight excluding hydrogens is 719 g/mol. The van der Waals surface area contributed by atoms with Crippen LogP contribution in [0.5, 0.6) is 0 Å². The summed E-state index contributed by atoms with van der Waals surface area (Å²) in [7, 11) is -5.67. The fourth-order valence-electron chi connectivity index (χ4n) is 4.71. The fourth-order valence-corrected chi connectivity index (χ4v) is 6.88. The second kappa shape index (κ2) is 13.0. The number of para-hydroxylation sites is 1. The van der Waals surface area contributed by atoms with Crippen LogP contribution in [0.15, 0.2) is 74.4 Å². The zero-order chi connectivity index (χ0) is 32.5. The Morgan fingerprint density at radius 3 is 2.62 bits per heavy atom. The molecule has 3 heterocycles. The van der Waals surface area contributed by atoms with E-state index in [1.807, 2.05) is 35.1 Å². The summed E-state index contributed by atoms with van der Waals surface area (Å²) in [4.78, 5) is 17.6. The molecule has 0 fully saturated rings. The average Bonchev–Trinajstić information content (AvgIpc) is 3.67. The van der Waals surface area contributed by atoms with Gasteiger partial charge in [-0.3, -0.25) is 4.72 Å². The number of hydrogen-bond donors (Lipinski definition) is 2. The molecule has 0 unspecified atom stereocenters. The van der Waals surface area contributed by atoms with E-state index < -0.39 is 21.5 Å². The Morgan fingerprint density at radius 1 is 1.20 bits per heavy atom. The van der Waals surface area contributed by atoms with Gasteiger partial charge in [0.15, 0.2) is 10.9 Å². The molecule has 0 spiro atoms. The average molecular weight is 743 g/mol. The number of sulfonamides is 1. The van der Waals surface area contributed by atoms with Crippen LogP contribution < -0.4 is 4.72 Å². The molecule has 0 saturated heterocycles.